The third-order valence-electron chi connectivity index (χ3n) is 5.50. The van der Waals surface area contributed by atoms with Gasteiger partial charge in [0.05, 0.1) is 36.5 Å². The first-order valence-electron chi connectivity index (χ1n) is 10.8. The Labute approximate surface area is 214 Å². The van der Waals surface area contributed by atoms with Crippen molar-refractivity contribution in [2.75, 3.05) is 19.8 Å². The summed E-state index contributed by atoms with van der Waals surface area (Å²) < 4.78 is 30.9. The van der Waals surface area contributed by atoms with Crippen molar-refractivity contribution in [3.63, 3.8) is 0 Å². The standard InChI is InChI=1S/C23H29N3O4S.Na/c1-3-10-23(29-13-6-14-30-23)11-15-28-21-9-12-24-20(17(21)2)16-31(27)22-25-18-7-4-5-8-19(18)26-22;/h4-5,7-9,12H,3,6,10-11,13-16H2,1-2H3,(H,25,26);. The van der Waals surface area contributed by atoms with Gasteiger partial charge in [-0.1, -0.05) is 25.5 Å². The minimum absolute atomic E-state index is 0. The van der Waals surface area contributed by atoms with E-state index in [0.29, 0.717) is 18.2 Å². The van der Waals surface area contributed by atoms with Gasteiger partial charge >= 0.3 is 5.16 Å². The van der Waals surface area contributed by atoms with Crippen LogP contribution in [0.3, 0.4) is 0 Å². The zero-order valence-electron chi connectivity index (χ0n) is 19.1. The molecule has 1 fully saturated rings. The Morgan fingerprint density at radius 3 is 2.72 bits per heavy atom. The first kappa shape index (κ1) is 25.5. The van der Waals surface area contributed by atoms with E-state index in [2.05, 4.69) is 21.9 Å². The number of nitrogens with zero attached hydrogens (tertiary/aromatic N) is 2. The Balaban J connectivity index is 0.00000289. The largest absolute Gasteiger partial charge is 0.609 e. The van der Waals surface area contributed by atoms with Crippen LogP contribution in [-0.4, -0.2) is 74.7 Å². The molecule has 4 rings (SSSR count). The smallest absolute Gasteiger partial charge is 0.322 e. The van der Waals surface area contributed by atoms with Crippen LogP contribution in [0.1, 0.15) is 43.9 Å². The van der Waals surface area contributed by atoms with Crippen LogP contribution in [0.2, 0.25) is 0 Å². The molecule has 1 aliphatic heterocycles. The summed E-state index contributed by atoms with van der Waals surface area (Å²) in [5.41, 5.74) is 3.31. The van der Waals surface area contributed by atoms with E-state index in [9.17, 15) is 4.55 Å². The summed E-state index contributed by atoms with van der Waals surface area (Å²) in [6.45, 7) is 6.02. The molecule has 32 heavy (non-hydrogen) atoms. The van der Waals surface area contributed by atoms with Crippen molar-refractivity contribution in [1.29, 1.82) is 0 Å². The Morgan fingerprint density at radius 2 is 1.97 bits per heavy atom. The summed E-state index contributed by atoms with van der Waals surface area (Å²) in [6, 6.07) is 9.50. The normalized spacial score (nSPS) is 16.5. The first-order chi connectivity index (χ1) is 15.1. The maximum absolute atomic E-state index is 12.9. The van der Waals surface area contributed by atoms with Crippen molar-refractivity contribution in [3.8, 4) is 5.75 Å². The summed E-state index contributed by atoms with van der Waals surface area (Å²) in [4.78, 5) is 12.0. The van der Waals surface area contributed by atoms with Gasteiger partial charge in [-0.25, -0.2) is 0 Å². The third-order valence-corrected chi connectivity index (χ3v) is 6.66. The fourth-order valence-electron chi connectivity index (χ4n) is 3.82. The fourth-order valence-corrected chi connectivity index (χ4v) is 4.92. The molecule has 3 heterocycles. The van der Waals surface area contributed by atoms with Crippen LogP contribution in [0.4, 0.5) is 0 Å². The molecular formula is C23H29N3NaO4S. The number of pyridine rings is 1. The van der Waals surface area contributed by atoms with Crippen molar-refractivity contribution in [1.82, 2.24) is 15.0 Å². The Morgan fingerprint density at radius 1 is 1.19 bits per heavy atom. The quantitative estimate of drug-likeness (QED) is 0.380. The van der Waals surface area contributed by atoms with Crippen LogP contribution in [0.25, 0.3) is 11.0 Å². The Bertz CT molecular complexity index is 971. The van der Waals surface area contributed by atoms with Gasteiger partial charge < -0.3 is 18.8 Å². The predicted octanol–water partition coefficient (Wildman–Crippen LogP) is 3.90. The molecule has 1 aliphatic rings. The van der Waals surface area contributed by atoms with Gasteiger partial charge in [0, 0.05) is 65.3 Å². The van der Waals surface area contributed by atoms with Gasteiger partial charge in [-0.3, -0.25) is 9.97 Å². The van der Waals surface area contributed by atoms with Crippen LogP contribution in [0, 0.1) is 6.92 Å². The molecule has 167 valence electrons. The average Bonchev–Trinajstić information content (AvgIpc) is 3.22. The van der Waals surface area contributed by atoms with E-state index in [1.54, 1.807) is 6.20 Å². The predicted molar refractivity (Wildman–Crippen MR) is 125 cm³/mol. The molecule has 9 heteroatoms. The van der Waals surface area contributed by atoms with Crippen LogP contribution < -0.4 is 4.74 Å². The monoisotopic (exact) mass is 466 g/mol. The summed E-state index contributed by atoms with van der Waals surface area (Å²) in [7, 11) is 0. The van der Waals surface area contributed by atoms with Crippen LogP contribution >= 0.6 is 0 Å². The fraction of sp³-hybridized carbons (Fsp3) is 0.478. The second-order valence-corrected chi connectivity index (χ2v) is 9.11. The second-order valence-electron chi connectivity index (χ2n) is 7.74. The second kappa shape index (κ2) is 11.8. The van der Waals surface area contributed by atoms with Crippen molar-refractivity contribution in [2.45, 2.75) is 56.2 Å². The van der Waals surface area contributed by atoms with Crippen LogP contribution in [0.15, 0.2) is 41.7 Å². The topological polar surface area (TPSA) is 92.3 Å². The minimum atomic E-state index is -1.33. The zero-order chi connectivity index (χ0) is 21.7. The van der Waals surface area contributed by atoms with E-state index in [0.717, 1.165) is 60.5 Å². The van der Waals surface area contributed by atoms with E-state index in [1.165, 1.54) is 0 Å². The van der Waals surface area contributed by atoms with Crippen LogP contribution in [0.5, 0.6) is 5.75 Å². The maximum Gasteiger partial charge on any atom is 0.322 e. The molecule has 2 aromatic heterocycles. The van der Waals surface area contributed by atoms with E-state index in [4.69, 9.17) is 14.2 Å². The maximum atomic E-state index is 12.9. The van der Waals surface area contributed by atoms with Gasteiger partial charge in [0.25, 0.3) is 0 Å². The molecule has 0 bridgehead atoms. The first-order valence-corrected chi connectivity index (χ1v) is 12.1. The summed E-state index contributed by atoms with van der Waals surface area (Å²) in [5.74, 6) is 0.475. The molecule has 0 amide bonds. The number of aromatic nitrogens is 3. The van der Waals surface area contributed by atoms with Gasteiger partial charge in [0.2, 0.25) is 0 Å². The number of hydrogen-bond donors (Lipinski definition) is 1. The van der Waals surface area contributed by atoms with Crippen LogP contribution in [-0.2, 0) is 26.4 Å². The SMILES string of the molecule is CCCC1(CCOc2ccnc(C[S+]([O-])c3nc4ccccc4[nH]3)c2C)OCCCO1.[Na]. The van der Waals surface area contributed by atoms with E-state index < -0.39 is 17.0 Å². The van der Waals surface area contributed by atoms with E-state index in [-0.39, 0.29) is 35.3 Å². The zero-order valence-corrected chi connectivity index (χ0v) is 21.9. The van der Waals surface area contributed by atoms with Gasteiger partial charge in [0.15, 0.2) is 11.5 Å². The molecule has 1 unspecified atom stereocenters. The molecular weight excluding hydrogens is 437 g/mol. The molecule has 1 radical (unpaired) electrons. The molecule has 0 saturated carbocycles. The van der Waals surface area contributed by atoms with Gasteiger partial charge in [0.1, 0.15) is 5.75 Å². The molecule has 1 atom stereocenters. The summed E-state index contributed by atoms with van der Waals surface area (Å²) >= 11 is -1.33. The molecule has 1 aromatic carbocycles. The number of benzene rings is 1. The number of ether oxygens (including phenoxy) is 3. The number of hydrogen-bond acceptors (Lipinski definition) is 6. The third kappa shape index (κ3) is 6.05. The number of H-pyrrole nitrogens is 1. The van der Waals surface area contributed by atoms with Gasteiger partial charge in [-0.05, 0) is 31.5 Å². The molecule has 7 nitrogen and oxygen atoms in total. The van der Waals surface area contributed by atoms with Crippen molar-refractivity contribution in [2.24, 2.45) is 0 Å². The van der Waals surface area contributed by atoms with E-state index in [1.807, 2.05) is 37.3 Å². The molecule has 0 aliphatic carbocycles. The van der Waals surface area contributed by atoms with Gasteiger partial charge in [-0.2, -0.15) is 4.98 Å². The number of nitrogens with one attached hydrogen (secondary N) is 1. The Kier molecular flexibility index (Phi) is 9.43. The molecule has 0 spiro atoms. The van der Waals surface area contributed by atoms with Crippen molar-refractivity contribution >= 4 is 51.8 Å². The number of imidazole rings is 1. The number of rotatable bonds is 9. The van der Waals surface area contributed by atoms with E-state index >= 15 is 0 Å². The number of aromatic amines is 1. The number of fused-ring (bicyclic) bond motifs is 1. The van der Waals surface area contributed by atoms with Crippen molar-refractivity contribution < 1.29 is 18.8 Å². The molecule has 1 N–H and O–H groups in total. The minimum Gasteiger partial charge on any atom is -0.609 e. The molecule has 3 aromatic rings. The summed E-state index contributed by atoms with van der Waals surface area (Å²) in [5, 5.41) is 0.460. The number of para-hydroxylation sites is 2. The average molecular weight is 467 g/mol. The van der Waals surface area contributed by atoms with Crippen molar-refractivity contribution in [3.05, 3.63) is 47.8 Å². The summed E-state index contributed by atoms with van der Waals surface area (Å²) in [6.07, 6.45) is 5.15. The van der Waals surface area contributed by atoms with Gasteiger partial charge in [-0.15, -0.1) is 0 Å². The Hall–Kier alpha value is -1.13. The molecule has 1 saturated heterocycles.